The summed E-state index contributed by atoms with van der Waals surface area (Å²) in [5.74, 6) is 0.0136. The SMILES string of the molecule is CCCCCSc1ncc(C(=O)O)c(C)n1. The molecule has 0 aliphatic heterocycles. The van der Waals surface area contributed by atoms with E-state index in [9.17, 15) is 4.79 Å². The van der Waals surface area contributed by atoms with E-state index >= 15 is 0 Å². The molecular formula is C11H16N2O2S. The van der Waals surface area contributed by atoms with Gasteiger partial charge in [0.15, 0.2) is 5.16 Å². The molecule has 1 heterocycles. The van der Waals surface area contributed by atoms with Gasteiger partial charge in [0.05, 0.1) is 11.3 Å². The van der Waals surface area contributed by atoms with Crippen molar-refractivity contribution in [2.75, 3.05) is 5.75 Å². The molecule has 0 saturated heterocycles. The van der Waals surface area contributed by atoms with Crippen LogP contribution in [-0.2, 0) is 0 Å². The first kappa shape index (κ1) is 13.0. The molecular weight excluding hydrogens is 224 g/mol. The van der Waals surface area contributed by atoms with Crippen LogP contribution in [0.2, 0.25) is 0 Å². The molecule has 4 nitrogen and oxygen atoms in total. The Morgan fingerprint density at radius 2 is 2.25 bits per heavy atom. The van der Waals surface area contributed by atoms with Gasteiger partial charge >= 0.3 is 5.97 Å². The third-order valence-electron chi connectivity index (χ3n) is 2.17. The third kappa shape index (κ3) is 3.81. The van der Waals surface area contributed by atoms with Crippen molar-refractivity contribution < 1.29 is 9.90 Å². The average molecular weight is 240 g/mol. The summed E-state index contributed by atoms with van der Waals surface area (Å²) in [4.78, 5) is 18.9. The molecule has 88 valence electrons. The van der Waals surface area contributed by atoms with Crippen LogP contribution in [0.25, 0.3) is 0 Å². The highest BCUT2D eigenvalue weighted by atomic mass is 32.2. The van der Waals surface area contributed by atoms with Gasteiger partial charge in [0.2, 0.25) is 0 Å². The normalized spacial score (nSPS) is 10.4. The van der Waals surface area contributed by atoms with Crippen LogP contribution < -0.4 is 0 Å². The van der Waals surface area contributed by atoms with Crippen LogP contribution in [0.4, 0.5) is 0 Å². The Balaban J connectivity index is 2.56. The van der Waals surface area contributed by atoms with Gasteiger partial charge < -0.3 is 5.11 Å². The summed E-state index contributed by atoms with van der Waals surface area (Å²) in [5, 5.41) is 9.48. The van der Waals surface area contributed by atoms with E-state index < -0.39 is 5.97 Å². The average Bonchev–Trinajstić information content (AvgIpc) is 2.24. The number of aryl methyl sites for hydroxylation is 1. The lowest BCUT2D eigenvalue weighted by molar-refractivity contribution is 0.0695. The zero-order valence-electron chi connectivity index (χ0n) is 9.56. The Labute approximate surface area is 99.5 Å². The molecule has 1 N–H and O–H groups in total. The predicted octanol–water partition coefficient (Wildman–Crippen LogP) is 2.77. The molecule has 0 amide bonds. The van der Waals surface area contributed by atoms with Crippen LogP contribution in [0.1, 0.15) is 42.2 Å². The predicted molar refractivity (Wildman–Crippen MR) is 64.0 cm³/mol. The van der Waals surface area contributed by atoms with Gasteiger partial charge in [0.25, 0.3) is 0 Å². The van der Waals surface area contributed by atoms with Gasteiger partial charge in [-0.3, -0.25) is 0 Å². The molecule has 0 aliphatic rings. The van der Waals surface area contributed by atoms with E-state index in [1.807, 2.05) is 0 Å². The van der Waals surface area contributed by atoms with Crippen LogP contribution in [0.3, 0.4) is 0 Å². The Hall–Kier alpha value is -1.10. The van der Waals surface area contributed by atoms with Crippen molar-refractivity contribution in [1.82, 2.24) is 9.97 Å². The summed E-state index contributed by atoms with van der Waals surface area (Å²) in [6.45, 7) is 3.86. The first-order valence-electron chi connectivity index (χ1n) is 5.35. The zero-order chi connectivity index (χ0) is 12.0. The maximum atomic E-state index is 10.7. The van der Waals surface area contributed by atoms with Gasteiger partial charge in [-0.15, -0.1) is 0 Å². The summed E-state index contributed by atoms with van der Waals surface area (Å²) in [6.07, 6.45) is 4.93. The van der Waals surface area contributed by atoms with E-state index in [-0.39, 0.29) is 5.56 Å². The van der Waals surface area contributed by atoms with E-state index in [4.69, 9.17) is 5.11 Å². The lowest BCUT2D eigenvalue weighted by Gasteiger charge is -2.02. The van der Waals surface area contributed by atoms with Crippen LogP contribution >= 0.6 is 11.8 Å². The van der Waals surface area contributed by atoms with Gasteiger partial charge in [-0.25, -0.2) is 14.8 Å². The van der Waals surface area contributed by atoms with Crippen molar-refractivity contribution in [2.45, 2.75) is 38.3 Å². The summed E-state index contributed by atoms with van der Waals surface area (Å²) >= 11 is 1.58. The number of hydrogen-bond acceptors (Lipinski definition) is 4. The standard InChI is InChI=1S/C11H16N2O2S/c1-3-4-5-6-16-11-12-7-9(10(14)15)8(2)13-11/h7H,3-6H2,1-2H3,(H,14,15). The molecule has 0 spiro atoms. The Kier molecular flexibility index (Phi) is 5.25. The molecule has 5 heteroatoms. The molecule has 1 aromatic heterocycles. The van der Waals surface area contributed by atoms with Crippen molar-refractivity contribution >= 4 is 17.7 Å². The Bertz CT molecular complexity index is 369. The molecule has 0 aromatic carbocycles. The van der Waals surface area contributed by atoms with E-state index in [1.54, 1.807) is 18.7 Å². The van der Waals surface area contributed by atoms with Crippen molar-refractivity contribution in [2.24, 2.45) is 0 Å². The Morgan fingerprint density at radius 3 is 2.81 bits per heavy atom. The molecule has 0 saturated carbocycles. The summed E-state index contributed by atoms with van der Waals surface area (Å²) in [5.41, 5.74) is 0.707. The number of thioether (sulfide) groups is 1. The molecule has 0 atom stereocenters. The summed E-state index contributed by atoms with van der Waals surface area (Å²) in [7, 11) is 0. The molecule has 16 heavy (non-hydrogen) atoms. The largest absolute Gasteiger partial charge is 0.478 e. The molecule has 0 unspecified atom stereocenters. The van der Waals surface area contributed by atoms with Crippen LogP contribution in [0.15, 0.2) is 11.4 Å². The van der Waals surface area contributed by atoms with E-state index in [0.717, 1.165) is 12.2 Å². The number of carboxylic acids is 1. The van der Waals surface area contributed by atoms with Gasteiger partial charge in [-0.2, -0.15) is 0 Å². The number of rotatable bonds is 6. The first-order valence-corrected chi connectivity index (χ1v) is 6.33. The van der Waals surface area contributed by atoms with Crippen LogP contribution in [0.5, 0.6) is 0 Å². The summed E-state index contributed by atoms with van der Waals surface area (Å²) in [6, 6.07) is 0. The molecule has 0 aliphatic carbocycles. The Morgan fingerprint density at radius 1 is 1.50 bits per heavy atom. The quantitative estimate of drug-likeness (QED) is 0.470. The van der Waals surface area contributed by atoms with Crippen molar-refractivity contribution in [3.63, 3.8) is 0 Å². The first-order chi connectivity index (χ1) is 7.65. The molecule has 1 aromatic rings. The topological polar surface area (TPSA) is 63.1 Å². The fourth-order valence-corrected chi connectivity index (χ4v) is 2.10. The van der Waals surface area contributed by atoms with E-state index in [2.05, 4.69) is 16.9 Å². The maximum absolute atomic E-state index is 10.7. The zero-order valence-corrected chi connectivity index (χ0v) is 10.4. The van der Waals surface area contributed by atoms with E-state index in [1.165, 1.54) is 19.0 Å². The van der Waals surface area contributed by atoms with Crippen molar-refractivity contribution in [1.29, 1.82) is 0 Å². The fourth-order valence-electron chi connectivity index (χ4n) is 1.24. The van der Waals surface area contributed by atoms with Gasteiger partial charge in [0.1, 0.15) is 0 Å². The minimum absolute atomic E-state index is 0.179. The number of aromatic carboxylic acids is 1. The van der Waals surface area contributed by atoms with Crippen LogP contribution in [-0.4, -0.2) is 26.8 Å². The highest BCUT2D eigenvalue weighted by Crippen LogP contribution is 2.16. The van der Waals surface area contributed by atoms with Gasteiger partial charge in [0, 0.05) is 11.9 Å². The highest BCUT2D eigenvalue weighted by molar-refractivity contribution is 7.99. The molecule has 0 fully saturated rings. The highest BCUT2D eigenvalue weighted by Gasteiger charge is 2.09. The number of aromatic nitrogens is 2. The lowest BCUT2D eigenvalue weighted by atomic mass is 10.2. The van der Waals surface area contributed by atoms with E-state index in [0.29, 0.717) is 10.9 Å². The second kappa shape index (κ2) is 6.48. The minimum atomic E-state index is -0.972. The second-order valence-corrected chi connectivity index (χ2v) is 4.57. The molecule has 1 rings (SSSR count). The van der Waals surface area contributed by atoms with Crippen molar-refractivity contribution in [3.8, 4) is 0 Å². The number of hydrogen-bond donors (Lipinski definition) is 1. The smallest absolute Gasteiger partial charge is 0.339 e. The second-order valence-electron chi connectivity index (χ2n) is 3.51. The molecule has 0 bridgehead atoms. The number of nitrogens with zero attached hydrogens (tertiary/aromatic N) is 2. The number of unbranched alkanes of at least 4 members (excludes halogenated alkanes) is 2. The van der Waals surface area contributed by atoms with Crippen molar-refractivity contribution in [3.05, 3.63) is 17.5 Å². The number of carboxylic acid groups (broad SMARTS) is 1. The summed E-state index contributed by atoms with van der Waals surface area (Å²) < 4.78 is 0. The third-order valence-corrected chi connectivity index (χ3v) is 3.11. The fraction of sp³-hybridized carbons (Fsp3) is 0.545. The monoisotopic (exact) mass is 240 g/mol. The molecule has 0 radical (unpaired) electrons. The van der Waals surface area contributed by atoms with Gasteiger partial charge in [-0.05, 0) is 13.3 Å². The van der Waals surface area contributed by atoms with Crippen LogP contribution in [0, 0.1) is 6.92 Å². The lowest BCUT2D eigenvalue weighted by Crippen LogP contribution is -2.04. The number of carbonyl (C=O) groups is 1. The maximum Gasteiger partial charge on any atom is 0.339 e. The minimum Gasteiger partial charge on any atom is -0.478 e. The van der Waals surface area contributed by atoms with Gasteiger partial charge in [-0.1, -0.05) is 31.5 Å².